The smallest absolute Gasteiger partial charge is 0.324 e. The molecule has 1 aromatic rings. The molecule has 1 unspecified atom stereocenters. The molecule has 4 nitrogen and oxygen atoms in total. The molecule has 1 aliphatic heterocycles. The summed E-state index contributed by atoms with van der Waals surface area (Å²) in [5, 5.41) is 0. The second-order valence-corrected chi connectivity index (χ2v) is 4.74. The van der Waals surface area contributed by atoms with Crippen molar-refractivity contribution in [2.45, 2.75) is 19.8 Å². The van der Waals surface area contributed by atoms with Gasteiger partial charge in [-0.1, -0.05) is 6.92 Å². The summed E-state index contributed by atoms with van der Waals surface area (Å²) in [4.78, 5) is 19.9. The molecule has 17 heavy (non-hydrogen) atoms. The molecular formula is C13H19N3O. The lowest BCUT2D eigenvalue weighted by Crippen LogP contribution is -2.45. The average molecular weight is 233 g/mol. The number of amides is 2. The number of piperidine rings is 1. The average Bonchev–Trinajstić information content (AvgIpc) is 2.38. The first-order chi connectivity index (χ1) is 8.18. The molecule has 4 heteroatoms. The van der Waals surface area contributed by atoms with Crippen molar-refractivity contribution in [3.05, 3.63) is 24.5 Å². The van der Waals surface area contributed by atoms with Crippen molar-refractivity contribution in [3.8, 4) is 0 Å². The van der Waals surface area contributed by atoms with Gasteiger partial charge in [0.25, 0.3) is 0 Å². The van der Waals surface area contributed by atoms with Crippen LogP contribution in [0.15, 0.2) is 24.5 Å². The van der Waals surface area contributed by atoms with Crippen LogP contribution in [0.25, 0.3) is 0 Å². The number of hydrogen-bond acceptors (Lipinski definition) is 2. The third-order valence-corrected chi connectivity index (χ3v) is 3.26. The number of urea groups is 1. The lowest BCUT2D eigenvalue weighted by Gasteiger charge is -2.34. The monoisotopic (exact) mass is 233 g/mol. The number of nitrogens with zero attached hydrogens (tertiary/aromatic N) is 3. The zero-order chi connectivity index (χ0) is 12.3. The topological polar surface area (TPSA) is 36.4 Å². The molecule has 0 saturated carbocycles. The van der Waals surface area contributed by atoms with Gasteiger partial charge in [-0.05, 0) is 30.9 Å². The summed E-state index contributed by atoms with van der Waals surface area (Å²) in [6.45, 7) is 3.94. The fourth-order valence-electron chi connectivity index (χ4n) is 2.25. The van der Waals surface area contributed by atoms with Crippen molar-refractivity contribution < 1.29 is 4.79 Å². The van der Waals surface area contributed by atoms with E-state index in [1.807, 2.05) is 24.1 Å². The Labute approximate surface area is 102 Å². The molecular weight excluding hydrogens is 214 g/mol. The summed E-state index contributed by atoms with van der Waals surface area (Å²) in [5.74, 6) is 0.610. The van der Waals surface area contributed by atoms with E-state index in [1.165, 1.54) is 6.42 Å². The minimum absolute atomic E-state index is 0.0859. The number of hydrogen-bond donors (Lipinski definition) is 0. The highest BCUT2D eigenvalue weighted by molar-refractivity contribution is 5.91. The second kappa shape index (κ2) is 5.17. The Bertz CT molecular complexity index is 380. The van der Waals surface area contributed by atoms with Crippen molar-refractivity contribution in [3.63, 3.8) is 0 Å². The summed E-state index contributed by atoms with van der Waals surface area (Å²) >= 11 is 0. The molecule has 1 saturated heterocycles. The summed E-state index contributed by atoms with van der Waals surface area (Å²) in [5.41, 5.74) is 0.892. The third kappa shape index (κ3) is 2.75. The highest BCUT2D eigenvalue weighted by Gasteiger charge is 2.23. The van der Waals surface area contributed by atoms with E-state index in [4.69, 9.17) is 0 Å². The molecule has 2 rings (SSSR count). The molecule has 0 spiro atoms. The molecule has 0 N–H and O–H groups in total. The maximum absolute atomic E-state index is 12.3. The van der Waals surface area contributed by atoms with Crippen LogP contribution >= 0.6 is 0 Å². The molecule has 1 fully saturated rings. The van der Waals surface area contributed by atoms with Gasteiger partial charge in [0.05, 0.1) is 0 Å². The van der Waals surface area contributed by atoms with Gasteiger partial charge in [0.15, 0.2) is 0 Å². The van der Waals surface area contributed by atoms with Gasteiger partial charge in [0.1, 0.15) is 0 Å². The number of rotatable bonds is 1. The third-order valence-electron chi connectivity index (χ3n) is 3.26. The number of likely N-dealkylation sites (tertiary alicyclic amines) is 1. The van der Waals surface area contributed by atoms with E-state index in [0.717, 1.165) is 25.2 Å². The van der Waals surface area contributed by atoms with Crippen molar-refractivity contribution in [2.75, 3.05) is 25.0 Å². The van der Waals surface area contributed by atoms with Crippen molar-refractivity contribution >= 4 is 11.7 Å². The van der Waals surface area contributed by atoms with Gasteiger partial charge in [-0.3, -0.25) is 9.88 Å². The molecule has 2 heterocycles. The lowest BCUT2D eigenvalue weighted by molar-refractivity contribution is 0.177. The van der Waals surface area contributed by atoms with Gasteiger partial charge in [0.2, 0.25) is 0 Å². The minimum atomic E-state index is 0.0859. The van der Waals surface area contributed by atoms with Gasteiger partial charge in [-0.25, -0.2) is 4.79 Å². The highest BCUT2D eigenvalue weighted by atomic mass is 16.2. The summed E-state index contributed by atoms with van der Waals surface area (Å²) in [6.07, 6.45) is 5.75. The summed E-state index contributed by atoms with van der Waals surface area (Å²) < 4.78 is 0. The van der Waals surface area contributed by atoms with Crippen molar-refractivity contribution in [1.29, 1.82) is 0 Å². The van der Waals surface area contributed by atoms with E-state index < -0.39 is 0 Å². The molecule has 0 aromatic carbocycles. The number of aromatic nitrogens is 1. The molecule has 1 aliphatic rings. The van der Waals surface area contributed by atoms with E-state index >= 15 is 0 Å². The maximum Gasteiger partial charge on any atom is 0.324 e. The Morgan fingerprint density at radius 3 is 2.82 bits per heavy atom. The fourth-order valence-corrected chi connectivity index (χ4v) is 2.25. The van der Waals surface area contributed by atoms with Crippen LogP contribution in [-0.4, -0.2) is 36.1 Å². The number of carbonyl (C=O) groups excluding carboxylic acids is 1. The van der Waals surface area contributed by atoms with Gasteiger partial charge in [0, 0.05) is 38.2 Å². The number of carbonyl (C=O) groups is 1. The lowest BCUT2D eigenvalue weighted by atomic mass is 10.0. The van der Waals surface area contributed by atoms with E-state index in [0.29, 0.717) is 5.92 Å². The van der Waals surface area contributed by atoms with Crippen LogP contribution in [0.2, 0.25) is 0 Å². The van der Waals surface area contributed by atoms with Crippen LogP contribution in [-0.2, 0) is 0 Å². The van der Waals surface area contributed by atoms with Gasteiger partial charge in [-0.15, -0.1) is 0 Å². The molecule has 1 aromatic heterocycles. The molecule has 1 atom stereocenters. The van der Waals surface area contributed by atoms with Gasteiger partial charge >= 0.3 is 6.03 Å². The van der Waals surface area contributed by atoms with Crippen LogP contribution in [0.1, 0.15) is 19.8 Å². The number of pyridine rings is 1. The molecule has 0 radical (unpaired) electrons. The standard InChI is InChI=1S/C13H19N3O/c1-11-4-3-9-16(10-11)13(17)15(2)12-5-7-14-8-6-12/h5-8,11H,3-4,9-10H2,1-2H3. The Kier molecular flexibility index (Phi) is 3.61. The SMILES string of the molecule is CC1CCCN(C(=O)N(C)c2ccncc2)C1. The Morgan fingerprint density at radius 1 is 1.47 bits per heavy atom. The zero-order valence-corrected chi connectivity index (χ0v) is 10.5. The van der Waals surface area contributed by atoms with E-state index in [-0.39, 0.29) is 6.03 Å². The quantitative estimate of drug-likeness (QED) is 0.746. The Hall–Kier alpha value is -1.58. The number of anilines is 1. The van der Waals surface area contributed by atoms with Crippen LogP contribution in [0.4, 0.5) is 10.5 Å². The molecule has 2 amide bonds. The molecule has 0 bridgehead atoms. The van der Waals surface area contributed by atoms with E-state index in [9.17, 15) is 4.79 Å². The van der Waals surface area contributed by atoms with Crippen LogP contribution in [0.3, 0.4) is 0 Å². The highest BCUT2D eigenvalue weighted by Crippen LogP contribution is 2.19. The predicted molar refractivity (Wildman–Crippen MR) is 68.0 cm³/mol. The molecule has 0 aliphatic carbocycles. The van der Waals surface area contributed by atoms with E-state index in [1.54, 1.807) is 17.3 Å². The van der Waals surface area contributed by atoms with Crippen molar-refractivity contribution in [1.82, 2.24) is 9.88 Å². The van der Waals surface area contributed by atoms with Crippen LogP contribution in [0, 0.1) is 5.92 Å². The second-order valence-electron chi connectivity index (χ2n) is 4.74. The van der Waals surface area contributed by atoms with Crippen LogP contribution < -0.4 is 4.90 Å². The minimum Gasteiger partial charge on any atom is -0.324 e. The normalized spacial score (nSPS) is 20.1. The maximum atomic E-state index is 12.3. The Balaban J connectivity index is 2.04. The predicted octanol–water partition coefficient (Wildman–Crippen LogP) is 2.37. The van der Waals surface area contributed by atoms with E-state index in [2.05, 4.69) is 11.9 Å². The van der Waals surface area contributed by atoms with Crippen LogP contribution in [0.5, 0.6) is 0 Å². The first-order valence-electron chi connectivity index (χ1n) is 6.11. The molecule has 92 valence electrons. The zero-order valence-electron chi connectivity index (χ0n) is 10.5. The van der Waals surface area contributed by atoms with Gasteiger partial charge < -0.3 is 4.90 Å². The first kappa shape index (κ1) is 11.9. The first-order valence-corrected chi connectivity index (χ1v) is 6.11. The fraction of sp³-hybridized carbons (Fsp3) is 0.538. The Morgan fingerprint density at radius 2 is 2.18 bits per heavy atom. The van der Waals surface area contributed by atoms with Gasteiger partial charge in [-0.2, -0.15) is 0 Å². The summed E-state index contributed by atoms with van der Waals surface area (Å²) in [7, 11) is 1.82. The largest absolute Gasteiger partial charge is 0.324 e. The van der Waals surface area contributed by atoms with Crippen molar-refractivity contribution in [2.24, 2.45) is 5.92 Å². The summed E-state index contributed by atoms with van der Waals surface area (Å²) in [6, 6.07) is 3.79.